The number of hydrogen-bond acceptors (Lipinski definition) is 6. The van der Waals surface area contributed by atoms with Crippen LogP contribution < -0.4 is 10.6 Å². The van der Waals surface area contributed by atoms with E-state index in [1.807, 2.05) is 0 Å². The summed E-state index contributed by atoms with van der Waals surface area (Å²) in [6.45, 7) is 2.12. The van der Waals surface area contributed by atoms with Gasteiger partial charge in [0.05, 0.1) is 0 Å². The van der Waals surface area contributed by atoms with Crippen molar-refractivity contribution in [3.05, 3.63) is 5.82 Å². The van der Waals surface area contributed by atoms with Crippen molar-refractivity contribution in [2.75, 3.05) is 11.6 Å². The smallest absolute Gasteiger partial charge is 0.329 e. The molecule has 1 aliphatic carbocycles. The summed E-state index contributed by atoms with van der Waals surface area (Å²) in [5.74, 6) is 0.251. The molecule has 1 aromatic rings. The molecular weight excluding hydrogens is 320 g/mol. The number of amides is 2. The monoisotopic (exact) mass is 344 g/mol. The minimum atomic E-state index is -3.24. The van der Waals surface area contributed by atoms with E-state index in [0.717, 1.165) is 38.4 Å². The van der Waals surface area contributed by atoms with Crippen LogP contribution in [0.25, 0.3) is 0 Å². The molecular formula is C14H24N4O4S. The van der Waals surface area contributed by atoms with Crippen LogP contribution >= 0.6 is 0 Å². The standard InChI is InChI=1S/C14H24N4O4S/c1-3-4-8-11(10-6-5-7-10)15-13(19)17-14-16-12(18-22-14)9-23(2,20)21/h10-11H,3-9H2,1-2H3,(H2,15,16,17,18,19). The molecule has 1 heterocycles. The number of nitrogens with one attached hydrogen (secondary N) is 2. The van der Waals surface area contributed by atoms with Crippen molar-refractivity contribution in [1.29, 1.82) is 0 Å². The van der Waals surface area contributed by atoms with Crippen molar-refractivity contribution in [2.24, 2.45) is 5.92 Å². The molecule has 1 aliphatic rings. The summed E-state index contributed by atoms with van der Waals surface area (Å²) >= 11 is 0. The first-order valence-corrected chi connectivity index (χ1v) is 10.0. The third-order valence-corrected chi connectivity index (χ3v) is 4.77. The fourth-order valence-corrected chi connectivity index (χ4v) is 3.18. The Labute approximate surface area is 136 Å². The summed E-state index contributed by atoms with van der Waals surface area (Å²) in [5.41, 5.74) is 0. The second kappa shape index (κ2) is 7.76. The van der Waals surface area contributed by atoms with E-state index in [2.05, 4.69) is 27.7 Å². The quantitative estimate of drug-likeness (QED) is 0.746. The van der Waals surface area contributed by atoms with Crippen molar-refractivity contribution in [3.63, 3.8) is 0 Å². The zero-order valence-corrected chi connectivity index (χ0v) is 14.4. The van der Waals surface area contributed by atoms with Gasteiger partial charge < -0.3 is 9.84 Å². The van der Waals surface area contributed by atoms with Crippen LogP contribution in [0, 0.1) is 5.92 Å². The Morgan fingerprint density at radius 2 is 2.17 bits per heavy atom. The Hall–Kier alpha value is -1.64. The molecule has 0 spiro atoms. The highest BCUT2D eigenvalue weighted by Gasteiger charge is 2.28. The zero-order valence-electron chi connectivity index (χ0n) is 13.5. The number of rotatable bonds is 8. The van der Waals surface area contributed by atoms with Gasteiger partial charge in [0.1, 0.15) is 5.75 Å². The van der Waals surface area contributed by atoms with Gasteiger partial charge in [0, 0.05) is 12.3 Å². The Kier molecular flexibility index (Phi) is 5.97. The van der Waals surface area contributed by atoms with Gasteiger partial charge in [0.2, 0.25) is 0 Å². The molecule has 0 aliphatic heterocycles. The summed E-state index contributed by atoms with van der Waals surface area (Å²) < 4.78 is 27.2. The van der Waals surface area contributed by atoms with Crippen LogP contribution in [0.5, 0.6) is 0 Å². The number of urea groups is 1. The number of sulfone groups is 1. The number of aromatic nitrogens is 2. The summed E-state index contributed by atoms with van der Waals surface area (Å²) in [7, 11) is -3.24. The van der Waals surface area contributed by atoms with Crippen molar-refractivity contribution in [2.45, 2.75) is 57.2 Å². The summed E-state index contributed by atoms with van der Waals surface area (Å²) in [5, 5.41) is 8.97. The highest BCUT2D eigenvalue weighted by atomic mass is 32.2. The fourth-order valence-electron chi connectivity index (χ4n) is 2.59. The first-order valence-electron chi connectivity index (χ1n) is 7.95. The molecule has 0 radical (unpaired) electrons. The Morgan fingerprint density at radius 3 is 2.74 bits per heavy atom. The maximum absolute atomic E-state index is 12.1. The number of anilines is 1. The average molecular weight is 344 g/mol. The molecule has 2 amide bonds. The van der Waals surface area contributed by atoms with Gasteiger partial charge in [0.25, 0.3) is 0 Å². The Bertz CT molecular complexity index is 624. The van der Waals surface area contributed by atoms with E-state index in [-0.39, 0.29) is 23.6 Å². The van der Waals surface area contributed by atoms with E-state index in [1.165, 1.54) is 6.42 Å². The minimum absolute atomic E-state index is 0.0318. The summed E-state index contributed by atoms with van der Waals surface area (Å²) in [6, 6.07) is -0.335. The number of carbonyl (C=O) groups is 1. The van der Waals surface area contributed by atoms with E-state index >= 15 is 0 Å². The second-order valence-electron chi connectivity index (χ2n) is 6.12. The van der Waals surface area contributed by atoms with Crippen LogP contribution in [0.15, 0.2) is 4.52 Å². The van der Waals surface area contributed by atoms with Crippen molar-refractivity contribution in [1.82, 2.24) is 15.5 Å². The third kappa shape index (κ3) is 5.81. The summed E-state index contributed by atoms with van der Waals surface area (Å²) in [6.07, 6.45) is 7.71. The van der Waals surface area contributed by atoms with Crippen molar-refractivity contribution in [3.8, 4) is 0 Å². The topological polar surface area (TPSA) is 114 Å². The Balaban J connectivity index is 1.87. The highest BCUT2D eigenvalue weighted by Crippen LogP contribution is 2.31. The summed E-state index contributed by atoms with van der Waals surface area (Å²) in [4.78, 5) is 15.9. The van der Waals surface area contributed by atoms with E-state index in [4.69, 9.17) is 4.52 Å². The molecule has 1 atom stereocenters. The highest BCUT2D eigenvalue weighted by molar-refractivity contribution is 7.89. The molecule has 8 nitrogen and oxygen atoms in total. The molecule has 0 aromatic carbocycles. The van der Waals surface area contributed by atoms with E-state index in [0.29, 0.717) is 5.92 Å². The lowest BCUT2D eigenvalue weighted by Crippen LogP contribution is -2.44. The van der Waals surface area contributed by atoms with Gasteiger partial charge in [-0.2, -0.15) is 4.98 Å². The fraction of sp³-hybridized carbons (Fsp3) is 0.786. The molecule has 130 valence electrons. The number of unbranched alkanes of at least 4 members (excludes halogenated alkanes) is 1. The molecule has 1 unspecified atom stereocenters. The molecule has 9 heteroatoms. The van der Waals surface area contributed by atoms with Crippen molar-refractivity contribution < 1.29 is 17.7 Å². The van der Waals surface area contributed by atoms with Gasteiger partial charge in [-0.15, -0.1) is 0 Å². The SMILES string of the molecule is CCCCC(NC(=O)Nc1nc(CS(C)(=O)=O)no1)C1CCC1. The maximum Gasteiger partial charge on any atom is 0.329 e. The third-order valence-electron chi connectivity index (χ3n) is 3.98. The zero-order chi connectivity index (χ0) is 16.9. The lowest BCUT2D eigenvalue weighted by Gasteiger charge is -2.34. The van der Waals surface area contributed by atoms with E-state index in [9.17, 15) is 13.2 Å². The van der Waals surface area contributed by atoms with Gasteiger partial charge in [-0.25, -0.2) is 13.2 Å². The van der Waals surface area contributed by atoms with Gasteiger partial charge in [-0.3, -0.25) is 5.32 Å². The molecule has 1 saturated carbocycles. The number of nitrogens with zero attached hydrogens (tertiary/aromatic N) is 2. The average Bonchev–Trinajstić information content (AvgIpc) is 2.78. The molecule has 0 saturated heterocycles. The van der Waals surface area contributed by atoms with Crippen LogP contribution in [0.3, 0.4) is 0 Å². The number of carbonyl (C=O) groups excluding carboxylic acids is 1. The van der Waals surface area contributed by atoms with Crippen LogP contribution in [0.1, 0.15) is 51.3 Å². The lowest BCUT2D eigenvalue weighted by atomic mass is 9.78. The molecule has 0 bridgehead atoms. The van der Waals surface area contributed by atoms with Crippen LogP contribution in [-0.4, -0.2) is 36.9 Å². The number of hydrogen-bond donors (Lipinski definition) is 2. The van der Waals surface area contributed by atoms with Crippen LogP contribution in [0.4, 0.5) is 10.8 Å². The van der Waals surface area contributed by atoms with E-state index < -0.39 is 15.9 Å². The van der Waals surface area contributed by atoms with Gasteiger partial charge in [0.15, 0.2) is 15.7 Å². The second-order valence-corrected chi connectivity index (χ2v) is 8.26. The van der Waals surface area contributed by atoms with Gasteiger partial charge in [-0.1, -0.05) is 31.3 Å². The predicted molar refractivity (Wildman–Crippen MR) is 85.7 cm³/mol. The maximum atomic E-state index is 12.1. The largest absolute Gasteiger partial charge is 0.335 e. The molecule has 23 heavy (non-hydrogen) atoms. The minimum Gasteiger partial charge on any atom is -0.335 e. The van der Waals surface area contributed by atoms with Crippen LogP contribution in [-0.2, 0) is 15.6 Å². The van der Waals surface area contributed by atoms with E-state index in [1.54, 1.807) is 0 Å². The Morgan fingerprint density at radius 1 is 1.43 bits per heavy atom. The molecule has 2 N–H and O–H groups in total. The molecule has 2 rings (SSSR count). The van der Waals surface area contributed by atoms with Crippen molar-refractivity contribution >= 4 is 21.9 Å². The molecule has 1 aromatic heterocycles. The normalized spacial score (nSPS) is 16.6. The lowest BCUT2D eigenvalue weighted by molar-refractivity contribution is 0.207. The molecule has 1 fully saturated rings. The predicted octanol–water partition coefficient (Wildman–Crippen LogP) is 2.09. The first-order chi connectivity index (χ1) is 10.9. The first kappa shape index (κ1) is 17.7. The van der Waals surface area contributed by atoms with Gasteiger partial charge in [-0.05, 0) is 25.2 Å². The van der Waals surface area contributed by atoms with Gasteiger partial charge >= 0.3 is 12.0 Å². The van der Waals surface area contributed by atoms with Crippen LogP contribution in [0.2, 0.25) is 0 Å².